The molecule has 0 aliphatic heterocycles. The number of nitrogens with zero attached hydrogens (tertiary/aromatic N) is 2. The van der Waals surface area contributed by atoms with Crippen LogP contribution >= 0.6 is 11.3 Å². The monoisotopic (exact) mass is 560 g/mol. The molecule has 0 unspecified atom stereocenters. The number of phenolic OH excluding ortho intramolecular Hbond substituents is 2. The van der Waals surface area contributed by atoms with Crippen LogP contribution in [0.3, 0.4) is 0 Å². The first-order valence-electron chi connectivity index (χ1n) is 12.5. The number of thiophene rings is 1. The second-order valence-electron chi connectivity index (χ2n) is 8.76. The van der Waals surface area contributed by atoms with Crippen LogP contribution < -0.4 is 10.9 Å². The summed E-state index contributed by atoms with van der Waals surface area (Å²) in [5.74, 6) is -0.980. The zero-order valence-corrected chi connectivity index (χ0v) is 22.4. The van der Waals surface area contributed by atoms with Crippen molar-refractivity contribution in [1.82, 2.24) is 10.9 Å². The molecule has 4 aromatic carbocycles. The summed E-state index contributed by atoms with van der Waals surface area (Å²) in [5.41, 5.74) is 8.57. The van der Waals surface area contributed by atoms with Gasteiger partial charge in [0, 0.05) is 22.3 Å². The molecule has 0 saturated carbocycles. The van der Waals surface area contributed by atoms with Crippen molar-refractivity contribution in [2.24, 2.45) is 10.2 Å². The van der Waals surface area contributed by atoms with Gasteiger partial charge in [-0.15, -0.1) is 11.3 Å². The number of carbonyl (C=O) groups excluding carboxylic acids is 2. The zero-order chi connectivity index (χ0) is 28.6. The minimum Gasteiger partial charge on any atom is -0.507 e. The van der Waals surface area contributed by atoms with E-state index in [2.05, 4.69) is 21.1 Å². The number of nitrogens with one attached hydrogen (secondary N) is 2. The van der Waals surface area contributed by atoms with Gasteiger partial charge >= 0.3 is 0 Å². The molecule has 9 heteroatoms. The molecule has 0 aliphatic carbocycles. The summed E-state index contributed by atoms with van der Waals surface area (Å²) in [7, 11) is 0. The van der Waals surface area contributed by atoms with E-state index in [0.717, 1.165) is 22.5 Å². The smallest absolute Gasteiger partial charge is 0.282 e. The summed E-state index contributed by atoms with van der Waals surface area (Å²) >= 11 is 1.02. The van der Waals surface area contributed by atoms with Gasteiger partial charge in [-0.1, -0.05) is 84.9 Å². The quantitative estimate of drug-likeness (QED) is 0.137. The lowest BCUT2D eigenvalue weighted by Gasteiger charge is -2.09. The maximum absolute atomic E-state index is 13.5. The van der Waals surface area contributed by atoms with Crippen molar-refractivity contribution in [2.75, 3.05) is 0 Å². The highest BCUT2D eigenvalue weighted by Gasteiger charge is 2.28. The Morgan fingerprint density at radius 3 is 1.32 bits per heavy atom. The highest BCUT2D eigenvalue weighted by molar-refractivity contribution is 7.17. The van der Waals surface area contributed by atoms with Crippen LogP contribution in [0.2, 0.25) is 0 Å². The Hall–Kier alpha value is -5.54. The molecule has 41 heavy (non-hydrogen) atoms. The molecule has 5 rings (SSSR count). The van der Waals surface area contributed by atoms with Gasteiger partial charge in [0.1, 0.15) is 21.3 Å². The van der Waals surface area contributed by atoms with Crippen LogP contribution in [-0.4, -0.2) is 34.5 Å². The molecule has 0 atom stereocenters. The Bertz CT molecular complexity index is 1620. The van der Waals surface area contributed by atoms with E-state index < -0.39 is 11.8 Å². The molecule has 4 N–H and O–H groups in total. The van der Waals surface area contributed by atoms with Crippen LogP contribution in [0.4, 0.5) is 0 Å². The fraction of sp³-hybridized carbons (Fsp3) is 0. The van der Waals surface area contributed by atoms with E-state index in [-0.39, 0.29) is 21.3 Å². The van der Waals surface area contributed by atoms with Crippen LogP contribution in [0.15, 0.2) is 119 Å². The van der Waals surface area contributed by atoms with E-state index in [1.54, 1.807) is 36.4 Å². The lowest BCUT2D eigenvalue weighted by Crippen LogP contribution is -2.17. The molecule has 0 radical (unpaired) electrons. The summed E-state index contributed by atoms with van der Waals surface area (Å²) in [4.78, 5) is 27.6. The first-order chi connectivity index (χ1) is 20.0. The van der Waals surface area contributed by atoms with Crippen molar-refractivity contribution in [3.05, 3.63) is 130 Å². The molecule has 2 amide bonds. The number of hydrazone groups is 2. The third-order valence-electron chi connectivity index (χ3n) is 6.06. The molecule has 202 valence electrons. The Labute approximate surface area is 240 Å². The fourth-order valence-electron chi connectivity index (χ4n) is 4.13. The second-order valence-corrected chi connectivity index (χ2v) is 9.78. The minimum absolute atomic E-state index is 0.0290. The van der Waals surface area contributed by atoms with Crippen LogP contribution in [0.1, 0.15) is 30.5 Å². The van der Waals surface area contributed by atoms with E-state index in [1.807, 2.05) is 60.7 Å². The van der Waals surface area contributed by atoms with Crippen molar-refractivity contribution in [1.29, 1.82) is 0 Å². The van der Waals surface area contributed by atoms with Gasteiger partial charge in [-0.25, -0.2) is 10.9 Å². The lowest BCUT2D eigenvalue weighted by atomic mass is 9.94. The number of hydrogen-bond acceptors (Lipinski definition) is 7. The summed E-state index contributed by atoms with van der Waals surface area (Å²) in [6, 6.07) is 31.9. The highest BCUT2D eigenvalue weighted by atomic mass is 32.1. The molecule has 5 aromatic rings. The Morgan fingerprint density at radius 2 is 0.927 bits per heavy atom. The standard InChI is InChI=1S/C32H24N4O4S/c37-25-17-9-7-15-23(25)19-33-35-31(39)29-27(21-11-3-1-4-12-21)28(22-13-5-2-6-14-22)30(41-29)32(40)36-34-20-24-16-8-10-18-26(24)38/h1-20,37-38H,(H,35,39)(H,36,40)/b33-19-,34-20+. The van der Waals surface area contributed by atoms with E-state index in [0.29, 0.717) is 22.3 Å². The van der Waals surface area contributed by atoms with E-state index in [1.165, 1.54) is 24.6 Å². The number of benzene rings is 4. The number of hydrogen-bond donors (Lipinski definition) is 4. The van der Waals surface area contributed by atoms with Gasteiger partial charge < -0.3 is 10.2 Å². The molecular weight excluding hydrogens is 536 g/mol. The number of para-hydroxylation sites is 2. The minimum atomic E-state index is -0.519. The molecule has 0 fully saturated rings. The summed E-state index contributed by atoms with van der Waals surface area (Å²) < 4.78 is 0. The van der Waals surface area contributed by atoms with Gasteiger partial charge in [0.2, 0.25) is 0 Å². The average molecular weight is 561 g/mol. The number of phenols is 2. The van der Waals surface area contributed by atoms with E-state index in [9.17, 15) is 19.8 Å². The topological polar surface area (TPSA) is 123 Å². The fourth-order valence-corrected chi connectivity index (χ4v) is 5.25. The van der Waals surface area contributed by atoms with Crippen LogP contribution in [-0.2, 0) is 0 Å². The molecule has 8 nitrogen and oxygen atoms in total. The second kappa shape index (κ2) is 12.5. The number of aromatic hydroxyl groups is 2. The van der Waals surface area contributed by atoms with E-state index in [4.69, 9.17) is 0 Å². The third-order valence-corrected chi connectivity index (χ3v) is 7.25. The average Bonchev–Trinajstić information content (AvgIpc) is 3.41. The maximum Gasteiger partial charge on any atom is 0.282 e. The van der Waals surface area contributed by atoms with Gasteiger partial charge in [-0.3, -0.25) is 9.59 Å². The molecule has 0 bridgehead atoms. The van der Waals surface area contributed by atoms with Gasteiger partial charge in [-0.2, -0.15) is 10.2 Å². The van der Waals surface area contributed by atoms with Gasteiger partial charge in [-0.05, 0) is 35.4 Å². The number of amides is 2. The maximum atomic E-state index is 13.5. The summed E-state index contributed by atoms with van der Waals surface area (Å²) in [6.45, 7) is 0. The molecule has 0 spiro atoms. The number of carbonyl (C=O) groups is 2. The van der Waals surface area contributed by atoms with Crippen molar-refractivity contribution in [3.8, 4) is 33.8 Å². The Kier molecular flexibility index (Phi) is 8.27. The molecular formula is C32H24N4O4S. The third kappa shape index (κ3) is 6.21. The largest absolute Gasteiger partial charge is 0.507 e. The molecule has 0 saturated heterocycles. The van der Waals surface area contributed by atoms with Crippen molar-refractivity contribution in [3.63, 3.8) is 0 Å². The highest BCUT2D eigenvalue weighted by Crippen LogP contribution is 2.43. The van der Waals surface area contributed by atoms with Gasteiger partial charge in [0.15, 0.2) is 0 Å². The van der Waals surface area contributed by atoms with Crippen molar-refractivity contribution in [2.45, 2.75) is 0 Å². The summed E-state index contributed by atoms with van der Waals surface area (Å²) in [6.07, 6.45) is 2.70. The van der Waals surface area contributed by atoms with Crippen molar-refractivity contribution >= 4 is 35.6 Å². The first-order valence-corrected chi connectivity index (χ1v) is 13.3. The summed E-state index contributed by atoms with van der Waals surface area (Å²) in [5, 5.41) is 28.1. The predicted octanol–water partition coefficient (Wildman–Crippen LogP) is 6.02. The normalized spacial score (nSPS) is 11.1. The van der Waals surface area contributed by atoms with E-state index >= 15 is 0 Å². The Morgan fingerprint density at radius 1 is 0.561 bits per heavy atom. The number of rotatable bonds is 8. The van der Waals surface area contributed by atoms with Gasteiger partial charge in [0.05, 0.1) is 12.4 Å². The predicted molar refractivity (Wildman–Crippen MR) is 162 cm³/mol. The SMILES string of the molecule is O=C(N/N=C\c1ccccc1O)c1sc(C(=O)N/N=C/c2ccccc2O)c(-c2ccccc2)c1-c1ccccc1. The van der Waals surface area contributed by atoms with Crippen LogP contribution in [0.25, 0.3) is 22.3 Å². The van der Waals surface area contributed by atoms with Crippen LogP contribution in [0.5, 0.6) is 11.5 Å². The molecule has 0 aliphatic rings. The lowest BCUT2D eigenvalue weighted by molar-refractivity contribution is 0.0953. The Balaban J connectivity index is 1.56. The molecule has 1 heterocycles. The van der Waals surface area contributed by atoms with Crippen LogP contribution in [0, 0.1) is 0 Å². The van der Waals surface area contributed by atoms with Gasteiger partial charge in [0.25, 0.3) is 11.8 Å². The van der Waals surface area contributed by atoms with Crippen molar-refractivity contribution < 1.29 is 19.8 Å². The first kappa shape index (κ1) is 27.0. The zero-order valence-electron chi connectivity index (χ0n) is 21.6. The molecule has 1 aromatic heterocycles.